The lowest BCUT2D eigenvalue weighted by Crippen LogP contribution is -2.28. The van der Waals surface area contributed by atoms with Crippen molar-refractivity contribution in [2.45, 2.75) is 11.0 Å². The van der Waals surface area contributed by atoms with Gasteiger partial charge in [-0.3, -0.25) is 0 Å². The van der Waals surface area contributed by atoms with E-state index in [0.717, 1.165) is 0 Å². The summed E-state index contributed by atoms with van der Waals surface area (Å²) in [6.45, 7) is -0.161. The summed E-state index contributed by atoms with van der Waals surface area (Å²) < 4.78 is 31.8. The summed E-state index contributed by atoms with van der Waals surface area (Å²) in [6.07, 6.45) is -1.02. The molecule has 0 aliphatic carbocycles. The molecule has 0 radical (unpaired) electrons. The fourth-order valence-corrected chi connectivity index (χ4v) is 3.10. The van der Waals surface area contributed by atoms with Gasteiger partial charge in [-0.2, -0.15) is 0 Å². The maximum Gasteiger partial charge on any atom is 0.240 e. The lowest BCUT2D eigenvalue weighted by atomic mass is 10.1. The van der Waals surface area contributed by atoms with E-state index in [9.17, 15) is 13.5 Å². The SMILES string of the molecule is COc1ccccc1[C@H](O)CNS(=O)(=O)c1ccc(Cl)cc1. The zero-order valence-corrected chi connectivity index (χ0v) is 13.4. The number of methoxy groups -OCH3 is 1. The van der Waals surface area contributed by atoms with Gasteiger partial charge in [0, 0.05) is 17.1 Å². The van der Waals surface area contributed by atoms with Crippen LogP contribution in [0.5, 0.6) is 5.75 Å². The van der Waals surface area contributed by atoms with Crippen LogP contribution < -0.4 is 9.46 Å². The molecule has 0 saturated carbocycles. The summed E-state index contributed by atoms with van der Waals surface area (Å²) in [7, 11) is -2.22. The van der Waals surface area contributed by atoms with Crippen LogP contribution in [0, 0.1) is 0 Å². The molecule has 7 heteroatoms. The number of halogens is 1. The van der Waals surface area contributed by atoms with Gasteiger partial charge in [-0.15, -0.1) is 0 Å². The van der Waals surface area contributed by atoms with E-state index < -0.39 is 16.1 Å². The average molecular weight is 342 g/mol. The first-order chi connectivity index (χ1) is 10.4. The van der Waals surface area contributed by atoms with Gasteiger partial charge in [-0.1, -0.05) is 29.8 Å². The summed E-state index contributed by atoms with van der Waals surface area (Å²) in [5, 5.41) is 10.6. The van der Waals surface area contributed by atoms with Crippen LogP contribution >= 0.6 is 11.6 Å². The van der Waals surface area contributed by atoms with E-state index in [0.29, 0.717) is 16.3 Å². The summed E-state index contributed by atoms with van der Waals surface area (Å²) in [5.41, 5.74) is 0.517. The normalized spacial score (nSPS) is 12.9. The zero-order chi connectivity index (χ0) is 16.2. The summed E-state index contributed by atoms with van der Waals surface area (Å²) >= 11 is 5.73. The number of aliphatic hydroxyl groups excluding tert-OH is 1. The van der Waals surface area contributed by atoms with Gasteiger partial charge in [0.25, 0.3) is 0 Å². The maximum absolute atomic E-state index is 12.1. The topological polar surface area (TPSA) is 75.6 Å². The smallest absolute Gasteiger partial charge is 0.240 e. The number of hydrogen-bond donors (Lipinski definition) is 2. The third kappa shape index (κ3) is 3.98. The van der Waals surface area contributed by atoms with Crippen molar-refractivity contribution in [3.8, 4) is 5.75 Å². The number of rotatable bonds is 6. The lowest BCUT2D eigenvalue weighted by molar-refractivity contribution is 0.177. The molecule has 1 atom stereocenters. The number of hydrogen-bond acceptors (Lipinski definition) is 4. The minimum Gasteiger partial charge on any atom is -0.496 e. The Hall–Kier alpha value is -1.60. The van der Waals surface area contributed by atoms with E-state index >= 15 is 0 Å². The fraction of sp³-hybridized carbons (Fsp3) is 0.200. The molecule has 2 N–H and O–H groups in total. The zero-order valence-electron chi connectivity index (χ0n) is 11.9. The molecule has 118 valence electrons. The highest BCUT2D eigenvalue weighted by molar-refractivity contribution is 7.89. The van der Waals surface area contributed by atoms with Gasteiger partial charge in [0.2, 0.25) is 10.0 Å². The van der Waals surface area contributed by atoms with Crippen LogP contribution in [0.15, 0.2) is 53.4 Å². The third-order valence-corrected chi connectivity index (χ3v) is 4.78. The molecule has 2 aromatic carbocycles. The molecule has 0 saturated heterocycles. The van der Waals surface area contributed by atoms with Crippen molar-refractivity contribution in [1.82, 2.24) is 4.72 Å². The van der Waals surface area contributed by atoms with Crippen LogP contribution in [0.3, 0.4) is 0 Å². The van der Waals surface area contributed by atoms with Crippen molar-refractivity contribution in [1.29, 1.82) is 0 Å². The Morgan fingerprint density at radius 2 is 1.82 bits per heavy atom. The molecular weight excluding hydrogens is 326 g/mol. The minimum atomic E-state index is -3.71. The summed E-state index contributed by atoms with van der Waals surface area (Å²) in [6, 6.07) is 12.7. The minimum absolute atomic E-state index is 0.0872. The molecule has 0 fully saturated rings. The Kier molecular flexibility index (Phi) is 5.42. The number of ether oxygens (including phenoxy) is 1. The number of para-hydroxylation sites is 1. The molecule has 0 aromatic heterocycles. The largest absolute Gasteiger partial charge is 0.496 e. The van der Waals surface area contributed by atoms with Gasteiger partial charge in [-0.05, 0) is 30.3 Å². The molecule has 5 nitrogen and oxygen atoms in total. The van der Waals surface area contributed by atoms with Gasteiger partial charge in [-0.25, -0.2) is 13.1 Å². The Bertz CT molecular complexity index is 731. The van der Waals surface area contributed by atoms with Crippen molar-refractivity contribution in [2.24, 2.45) is 0 Å². The van der Waals surface area contributed by atoms with Crippen molar-refractivity contribution in [3.05, 3.63) is 59.1 Å². The van der Waals surface area contributed by atoms with Gasteiger partial charge in [0.15, 0.2) is 0 Å². The Labute approximate surface area is 134 Å². The number of nitrogens with one attached hydrogen (secondary N) is 1. The van der Waals surface area contributed by atoms with E-state index in [-0.39, 0.29) is 11.4 Å². The molecule has 0 unspecified atom stereocenters. The van der Waals surface area contributed by atoms with Crippen molar-refractivity contribution >= 4 is 21.6 Å². The molecule has 0 spiro atoms. The molecule has 0 aliphatic rings. The third-order valence-electron chi connectivity index (χ3n) is 3.09. The number of benzene rings is 2. The van der Waals surface area contributed by atoms with Crippen molar-refractivity contribution in [3.63, 3.8) is 0 Å². The first-order valence-electron chi connectivity index (χ1n) is 6.50. The van der Waals surface area contributed by atoms with E-state index in [2.05, 4.69) is 4.72 Å². The second-order valence-electron chi connectivity index (χ2n) is 4.56. The molecule has 0 bridgehead atoms. The average Bonchev–Trinajstić information content (AvgIpc) is 2.53. The summed E-state index contributed by atoms with van der Waals surface area (Å²) in [5.74, 6) is 0.501. The van der Waals surface area contributed by atoms with Crippen molar-refractivity contribution < 1.29 is 18.3 Å². The summed E-state index contributed by atoms with van der Waals surface area (Å²) in [4.78, 5) is 0.0872. The second-order valence-corrected chi connectivity index (χ2v) is 6.77. The van der Waals surface area contributed by atoms with E-state index in [1.54, 1.807) is 24.3 Å². The number of aliphatic hydroxyl groups is 1. The molecule has 2 rings (SSSR count). The van der Waals surface area contributed by atoms with Crippen LogP contribution in [0.2, 0.25) is 5.02 Å². The molecular formula is C15H16ClNO4S. The van der Waals surface area contributed by atoms with Crippen LogP contribution in [-0.4, -0.2) is 27.2 Å². The van der Waals surface area contributed by atoms with Gasteiger partial charge in [0.1, 0.15) is 5.75 Å². The van der Waals surface area contributed by atoms with Gasteiger partial charge >= 0.3 is 0 Å². The standard InChI is InChI=1S/C15H16ClNO4S/c1-21-15-5-3-2-4-13(15)14(18)10-17-22(19,20)12-8-6-11(16)7-9-12/h2-9,14,17-18H,10H2,1H3/t14-/m1/s1. The molecule has 0 amide bonds. The van der Waals surface area contributed by atoms with E-state index in [1.807, 2.05) is 0 Å². The highest BCUT2D eigenvalue weighted by Gasteiger charge is 2.18. The Morgan fingerprint density at radius 1 is 1.18 bits per heavy atom. The molecule has 0 aliphatic heterocycles. The van der Waals surface area contributed by atoms with Gasteiger partial charge in [0.05, 0.1) is 18.1 Å². The monoisotopic (exact) mass is 341 g/mol. The highest BCUT2D eigenvalue weighted by atomic mass is 35.5. The van der Waals surface area contributed by atoms with E-state index in [4.69, 9.17) is 16.3 Å². The fourth-order valence-electron chi connectivity index (χ4n) is 1.94. The van der Waals surface area contributed by atoms with E-state index in [1.165, 1.54) is 31.4 Å². The Morgan fingerprint density at radius 3 is 2.45 bits per heavy atom. The van der Waals surface area contributed by atoms with Crippen LogP contribution in [0.25, 0.3) is 0 Å². The predicted molar refractivity (Wildman–Crippen MR) is 84.6 cm³/mol. The van der Waals surface area contributed by atoms with Crippen LogP contribution in [0.4, 0.5) is 0 Å². The number of sulfonamides is 1. The maximum atomic E-state index is 12.1. The quantitative estimate of drug-likeness (QED) is 0.845. The van der Waals surface area contributed by atoms with Crippen LogP contribution in [0.1, 0.15) is 11.7 Å². The first kappa shape index (κ1) is 16.8. The molecule has 0 heterocycles. The van der Waals surface area contributed by atoms with Crippen LogP contribution in [-0.2, 0) is 10.0 Å². The second kappa shape index (κ2) is 7.11. The lowest BCUT2D eigenvalue weighted by Gasteiger charge is -2.15. The van der Waals surface area contributed by atoms with Crippen molar-refractivity contribution in [2.75, 3.05) is 13.7 Å². The van der Waals surface area contributed by atoms with Gasteiger partial charge < -0.3 is 9.84 Å². The Balaban J connectivity index is 2.10. The first-order valence-corrected chi connectivity index (χ1v) is 8.36. The predicted octanol–water partition coefficient (Wildman–Crippen LogP) is 2.36. The highest BCUT2D eigenvalue weighted by Crippen LogP contribution is 2.24. The molecule has 2 aromatic rings. The molecule has 22 heavy (non-hydrogen) atoms.